The molecule has 0 bridgehead atoms. The van der Waals surface area contributed by atoms with Gasteiger partial charge in [-0.1, -0.05) is 43.3 Å². The predicted octanol–water partition coefficient (Wildman–Crippen LogP) is 3.14. The Morgan fingerprint density at radius 2 is 1.48 bits per heavy atom. The average Bonchev–Trinajstić information content (AvgIpc) is 2.63. The van der Waals surface area contributed by atoms with Crippen LogP contribution in [0.5, 0.6) is 0 Å². The summed E-state index contributed by atoms with van der Waals surface area (Å²) in [6.07, 6.45) is 1.62. The minimum atomic E-state index is -3.82. The van der Waals surface area contributed by atoms with E-state index < -0.39 is 16.1 Å². The number of rotatable bonds is 9. The van der Waals surface area contributed by atoms with Crippen molar-refractivity contribution >= 4 is 16.1 Å². The van der Waals surface area contributed by atoms with E-state index in [2.05, 4.69) is 4.89 Å². The van der Waals surface area contributed by atoms with Crippen molar-refractivity contribution in [2.75, 3.05) is 19.5 Å². The first kappa shape index (κ1) is 24.7. The maximum absolute atomic E-state index is 10.7. The third kappa shape index (κ3) is 10.7. The van der Waals surface area contributed by atoms with Crippen LogP contribution in [0.25, 0.3) is 0 Å². The number of nitrogens with zero attached hydrogens (tertiary/aromatic N) is 1. The summed E-state index contributed by atoms with van der Waals surface area (Å²) in [4.78, 5) is 16.4. The Bertz CT molecular complexity index is 849. The van der Waals surface area contributed by atoms with Crippen LogP contribution in [0.4, 0.5) is 0 Å². The Labute approximate surface area is 171 Å². The maximum Gasteiger partial charge on any atom is 0.335 e. The molecule has 0 spiro atoms. The Hall–Kier alpha value is -2.30. The summed E-state index contributed by atoms with van der Waals surface area (Å²) in [5, 5.41) is 17.2. The number of hydrogen-bond acceptors (Lipinski definition) is 6. The zero-order valence-electron chi connectivity index (χ0n) is 16.5. The van der Waals surface area contributed by atoms with Crippen LogP contribution >= 0.6 is 0 Å². The molecule has 0 amide bonds. The van der Waals surface area contributed by atoms with Gasteiger partial charge in [0, 0.05) is 0 Å². The summed E-state index contributed by atoms with van der Waals surface area (Å²) in [5.41, 5.74) is 3.35. The average molecular weight is 426 g/mol. The van der Waals surface area contributed by atoms with E-state index in [4.69, 9.17) is 14.9 Å². The van der Waals surface area contributed by atoms with Crippen LogP contribution in [-0.2, 0) is 28.0 Å². The second-order valence-corrected chi connectivity index (χ2v) is 7.98. The Balaban J connectivity index is 0.000000359. The summed E-state index contributed by atoms with van der Waals surface area (Å²) >= 11 is 0. The van der Waals surface area contributed by atoms with Crippen molar-refractivity contribution in [3.63, 3.8) is 0 Å². The molecule has 0 heterocycles. The van der Waals surface area contributed by atoms with Crippen LogP contribution in [0, 0.1) is 0 Å². The first-order valence-corrected chi connectivity index (χ1v) is 10.6. The van der Waals surface area contributed by atoms with Gasteiger partial charge in [-0.3, -0.25) is 14.7 Å². The van der Waals surface area contributed by atoms with Gasteiger partial charge < -0.3 is 5.11 Å². The monoisotopic (exact) mass is 425 g/mol. The van der Waals surface area contributed by atoms with Crippen LogP contribution in [0.3, 0.4) is 0 Å². The van der Waals surface area contributed by atoms with Gasteiger partial charge in [-0.05, 0) is 55.3 Å². The maximum atomic E-state index is 10.7. The fraction of sp³-hybridized carbons (Fsp3) is 0.350. The fourth-order valence-electron chi connectivity index (χ4n) is 2.55. The van der Waals surface area contributed by atoms with E-state index >= 15 is 0 Å². The molecule has 0 aliphatic heterocycles. The Morgan fingerprint density at radius 3 is 1.90 bits per heavy atom. The molecule has 3 N–H and O–H groups in total. The van der Waals surface area contributed by atoms with Crippen molar-refractivity contribution in [3.8, 4) is 0 Å². The van der Waals surface area contributed by atoms with Crippen molar-refractivity contribution in [3.05, 3.63) is 70.8 Å². The summed E-state index contributed by atoms with van der Waals surface area (Å²) in [6, 6.07) is 14.5. The summed E-state index contributed by atoms with van der Waals surface area (Å²) < 4.78 is 28.8. The molecule has 0 aromatic heterocycles. The molecule has 0 saturated heterocycles. The molecule has 9 heteroatoms. The molecule has 8 nitrogen and oxygen atoms in total. The minimum absolute atomic E-state index is 0.174. The highest BCUT2D eigenvalue weighted by Crippen LogP contribution is 2.12. The fourth-order valence-corrected chi connectivity index (χ4v) is 3.24. The molecule has 2 aromatic carbocycles. The normalized spacial score (nSPS) is 11.1. The zero-order valence-corrected chi connectivity index (χ0v) is 17.3. The molecule has 0 aliphatic rings. The first-order chi connectivity index (χ1) is 13.6. The predicted molar refractivity (Wildman–Crippen MR) is 109 cm³/mol. The molecule has 0 unspecified atom stereocenters. The minimum Gasteiger partial charge on any atom is -0.478 e. The van der Waals surface area contributed by atoms with Gasteiger partial charge in [0.25, 0.3) is 10.1 Å². The molecular formula is C20H27NO7S. The van der Waals surface area contributed by atoms with Gasteiger partial charge in [0.2, 0.25) is 0 Å². The van der Waals surface area contributed by atoms with Gasteiger partial charge >= 0.3 is 5.97 Å². The highest BCUT2D eigenvalue weighted by molar-refractivity contribution is 7.85. The number of aromatic carboxylic acids is 1. The SMILES string of the molecule is CCCN(C)CS(=O)(=O)O.O=C(O)c1ccc(Cc2ccc(COO)cc2)cc1. The van der Waals surface area contributed by atoms with Crippen molar-refractivity contribution < 1.29 is 33.0 Å². The smallest absolute Gasteiger partial charge is 0.335 e. The zero-order chi connectivity index (χ0) is 21.9. The highest BCUT2D eigenvalue weighted by atomic mass is 32.2. The van der Waals surface area contributed by atoms with Gasteiger partial charge in [-0.25, -0.2) is 9.68 Å². The van der Waals surface area contributed by atoms with Crippen molar-refractivity contribution in [2.24, 2.45) is 0 Å². The molecule has 2 rings (SSSR count). The van der Waals surface area contributed by atoms with E-state index in [1.165, 1.54) is 0 Å². The molecular weight excluding hydrogens is 398 g/mol. The molecule has 160 valence electrons. The van der Waals surface area contributed by atoms with Crippen LogP contribution in [0.2, 0.25) is 0 Å². The second-order valence-electron chi connectivity index (χ2n) is 6.56. The lowest BCUT2D eigenvalue weighted by Gasteiger charge is -2.11. The van der Waals surface area contributed by atoms with Gasteiger partial charge in [-0.2, -0.15) is 8.42 Å². The second kappa shape index (κ2) is 12.3. The Morgan fingerprint density at radius 1 is 1.00 bits per heavy atom. The lowest BCUT2D eigenvalue weighted by atomic mass is 10.0. The number of carboxylic acid groups (broad SMARTS) is 1. The standard InChI is InChI=1S/C15H14O4.C5H13NO3S/c16-15(17)14-7-5-12(6-8-14)9-11-1-3-13(4-2-11)10-19-18;1-3-4-6(2)5-10(7,8)9/h1-8,18H,9-10H2,(H,16,17);3-5H2,1-2H3,(H,7,8,9). The largest absolute Gasteiger partial charge is 0.478 e. The van der Waals surface area contributed by atoms with Gasteiger partial charge in [-0.15, -0.1) is 0 Å². The number of carboxylic acids is 1. The lowest BCUT2D eigenvalue weighted by Crippen LogP contribution is -2.26. The molecule has 0 radical (unpaired) electrons. The van der Waals surface area contributed by atoms with Crippen molar-refractivity contribution in [2.45, 2.75) is 26.4 Å². The summed E-state index contributed by atoms with van der Waals surface area (Å²) in [5.74, 6) is -1.19. The van der Waals surface area contributed by atoms with E-state index in [1.807, 2.05) is 43.3 Å². The Kier molecular flexibility index (Phi) is 10.5. The van der Waals surface area contributed by atoms with Crippen LogP contribution in [0.1, 0.15) is 40.4 Å². The summed E-state index contributed by atoms with van der Waals surface area (Å²) in [7, 11) is -2.17. The molecule has 2 aromatic rings. The van der Waals surface area contributed by atoms with E-state index in [0.29, 0.717) is 12.1 Å². The third-order valence-corrected chi connectivity index (χ3v) is 4.62. The molecule has 29 heavy (non-hydrogen) atoms. The number of carbonyl (C=O) groups is 1. The van der Waals surface area contributed by atoms with Crippen LogP contribution in [0.15, 0.2) is 48.5 Å². The van der Waals surface area contributed by atoms with Gasteiger partial charge in [0.1, 0.15) is 12.5 Å². The molecule has 0 saturated carbocycles. The molecule has 0 aliphatic carbocycles. The number of hydrogen-bond donors (Lipinski definition) is 3. The van der Waals surface area contributed by atoms with Crippen LogP contribution < -0.4 is 0 Å². The summed E-state index contributed by atoms with van der Waals surface area (Å²) in [6.45, 7) is 2.80. The highest BCUT2D eigenvalue weighted by Gasteiger charge is 2.07. The van der Waals surface area contributed by atoms with E-state index in [9.17, 15) is 13.2 Å². The van der Waals surface area contributed by atoms with E-state index in [-0.39, 0.29) is 12.5 Å². The topological polar surface area (TPSA) is 124 Å². The molecule has 0 atom stereocenters. The third-order valence-electron chi connectivity index (χ3n) is 3.85. The molecule has 0 fully saturated rings. The number of benzene rings is 2. The quantitative estimate of drug-likeness (QED) is 0.318. The van der Waals surface area contributed by atoms with E-state index in [1.54, 1.807) is 24.1 Å². The lowest BCUT2D eigenvalue weighted by molar-refractivity contribution is -0.253. The van der Waals surface area contributed by atoms with Gasteiger partial charge in [0.15, 0.2) is 0 Å². The van der Waals surface area contributed by atoms with Crippen LogP contribution in [-0.4, -0.2) is 53.7 Å². The van der Waals surface area contributed by atoms with Gasteiger partial charge in [0.05, 0.1) is 5.56 Å². The first-order valence-electron chi connectivity index (χ1n) is 8.94. The van der Waals surface area contributed by atoms with Crippen molar-refractivity contribution in [1.29, 1.82) is 0 Å². The van der Waals surface area contributed by atoms with Crippen molar-refractivity contribution in [1.82, 2.24) is 4.90 Å². The van der Waals surface area contributed by atoms with E-state index in [0.717, 1.165) is 29.5 Å².